The SMILES string of the molecule is O=[N+]([O-])c1ccc2nc(NC3CCCC3CCO)ccc2c1. The predicted molar refractivity (Wildman–Crippen MR) is 84.9 cm³/mol. The zero-order chi connectivity index (χ0) is 15.5. The van der Waals surface area contributed by atoms with Crippen molar-refractivity contribution < 1.29 is 10.0 Å². The molecule has 6 heteroatoms. The number of nitro benzene ring substituents is 1. The van der Waals surface area contributed by atoms with Gasteiger partial charge in [-0.25, -0.2) is 4.98 Å². The first-order valence-corrected chi connectivity index (χ1v) is 7.60. The number of hydrogen-bond donors (Lipinski definition) is 2. The lowest BCUT2D eigenvalue weighted by molar-refractivity contribution is -0.384. The Hall–Kier alpha value is -2.21. The highest BCUT2D eigenvalue weighted by Crippen LogP contribution is 2.31. The number of non-ortho nitro benzene ring substituents is 1. The third-order valence-corrected chi connectivity index (χ3v) is 4.38. The second-order valence-corrected chi connectivity index (χ2v) is 5.78. The Labute approximate surface area is 128 Å². The average Bonchev–Trinajstić information content (AvgIpc) is 2.94. The summed E-state index contributed by atoms with van der Waals surface area (Å²) in [7, 11) is 0. The molecule has 2 aromatic rings. The maximum atomic E-state index is 10.8. The minimum atomic E-state index is -0.399. The zero-order valence-corrected chi connectivity index (χ0v) is 12.2. The third kappa shape index (κ3) is 3.01. The van der Waals surface area contributed by atoms with Gasteiger partial charge in [0.05, 0.1) is 10.4 Å². The van der Waals surface area contributed by atoms with E-state index in [1.807, 2.05) is 12.1 Å². The smallest absolute Gasteiger partial charge is 0.270 e. The van der Waals surface area contributed by atoms with Crippen LogP contribution in [0.25, 0.3) is 10.9 Å². The van der Waals surface area contributed by atoms with E-state index >= 15 is 0 Å². The van der Waals surface area contributed by atoms with Gasteiger partial charge in [0, 0.05) is 30.2 Å². The number of nitro groups is 1. The average molecular weight is 301 g/mol. The van der Waals surface area contributed by atoms with Crippen LogP contribution in [-0.2, 0) is 0 Å². The molecule has 2 unspecified atom stereocenters. The molecule has 116 valence electrons. The van der Waals surface area contributed by atoms with Crippen molar-refractivity contribution in [3.63, 3.8) is 0 Å². The van der Waals surface area contributed by atoms with E-state index in [0.29, 0.717) is 12.0 Å². The summed E-state index contributed by atoms with van der Waals surface area (Å²) in [5.41, 5.74) is 0.820. The van der Waals surface area contributed by atoms with Gasteiger partial charge in [0.25, 0.3) is 5.69 Å². The van der Waals surface area contributed by atoms with Crippen molar-refractivity contribution in [3.05, 3.63) is 40.4 Å². The molecule has 0 aliphatic heterocycles. The molecule has 0 radical (unpaired) electrons. The van der Waals surface area contributed by atoms with E-state index in [0.717, 1.165) is 36.0 Å². The maximum Gasteiger partial charge on any atom is 0.270 e. The van der Waals surface area contributed by atoms with Crippen LogP contribution in [0, 0.1) is 16.0 Å². The molecule has 3 rings (SSSR count). The molecule has 0 saturated heterocycles. The highest BCUT2D eigenvalue weighted by Gasteiger charge is 2.26. The third-order valence-electron chi connectivity index (χ3n) is 4.38. The summed E-state index contributed by atoms with van der Waals surface area (Å²) in [5.74, 6) is 1.27. The van der Waals surface area contributed by atoms with Gasteiger partial charge in [-0.2, -0.15) is 0 Å². The van der Waals surface area contributed by atoms with E-state index in [-0.39, 0.29) is 12.3 Å². The highest BCUT2D eigenvalue weighted by molar-refractivity contribution is 5.82. The molecule has 1 fully saturated rings. The molecule has 1 heterocycles. The molecule has 1 aliphatic rings. The number of anilines is 1. The summed E-state index contributed by atoms with van der Waals surface area (Å²) < 4.78 is 0. The lowest BCUT2D eigenvalue weighted by atomic mass is 10.00. The Morgan fingerprint density at radius 2 is 2.18 bits per heavy atom. The van der Waals surface area contributed by atoms with Crippen LogP contribution in [0.4, 0.5) is 11.5 Å². The normalized spacial score (nSPS) is 21.1. The molecule has 6 nitrogen and oxygen atoms in total. The predicted octanol–water partition coefficient (Wildman–Crippen LogP) is 3.11. The van der Waals surface area contributed by atoms with Crippen LogP contribution in [0.15, 0.2) is 30.3 Å². The molecule has 2 atom stereocenters. The molecular weight excluding hydrogens is 282 g/mol. The standard InChI is InChI=1S/C16H19N3O3/c20-9-8-11-2-1-3-14(11)17-16-7-4-12-10-13(19(21)22)5-6-15(12)18-16/h4-7,10-11,14,20H,1-3,8-9H2,(H,17,18). The second kappa shape index (κ2) is 6.27. The van der Waals surface area contributed by atoms with Gasteiger partial charge in [-0.3, -0.25) is 10.1 Å². The van der Waals surface area contributed by atoms with E-state index in [1.165, 1.54) is 18.6 Å². The van der Waals surface area contributed by atoms with Crippen LogP contribution in [0.3, 0.4) is 0 Å². The summed E-state index contributed by atoms with van der Waals surface area (Å²) in [6, 6.07) is 8.75. The number of aliphatic hydroxyl groups excluding tert-OH is 1. The van der Waals surface area contributed by atoms with Crippen molar-refractivity contribution in [2.45, 2.75) is 31.7 Å². The number of nitrogens with zero attached hydrogens (tertiary/aromatic N) is 2. The van der Waals surface area contributed by atoms with Gasteiger partial charge in [0.2, 0.25) is 0 Å². The summed E-state index contributed by atoms with van der Waals surface area (Å²) in [6.07, 6.45) is 4.21. The van der Waals surface area contributed by atoms with E-state index in [2.05, 4.69) is 10.3 Å². The number of benzene rings is 1. The van der Waals surface area contributed by atoms with Crippen molar-refractivity contribution in [3.8, 4) is 0 Å². The molecule has 1 aromatic heterocycles. The van der Waals surface area contributed by atoms with Crippen LogP contribution in [-0.4, -0.2) is 27.7 Å². The fraction of sp³-hybridized carbons (Fsp3) is 0.438. The molecule has 0 amide bonds. The molecule has 1 saturated carbocycles. The number of nitrogens with one attached hydrogen (secondary N) is 1. The first kappa shape index (κ1) is 14.7. The van der Waals surface area contributed by atoms with Crippen LogP contribution in [0.5, 0.6) is 0 Å². The quantitative estimate of drug-likeness (QED) is 0.654. The number of aromatic nitrogens is 1. The van der Waals surface area contributed by atoms with E-state index in [1.54, 1.807) is 6.07 Å². The van der Waals surface area contributed by atoms with Crippen molar-refractivity contribution in [1.82, 2.24) is 4.98 Å². The van der Waals surface area contributed by atoms with Gasteiger partial charge < -0.3 is 10.4 Å². The monoisotopic (exact) mass is 301 g/mol. The molecule has 1 aliphatic carbocycles. The highest BCUT2D eigenvalue weighted by atomic mass is 16.6. The second-order valence-electron chi connectivity index (χ2n) is 5.78. The molecular formula is C16H19N3O3. The maximum absolute atomic E-state index is 10.8. The Morgan fingerprint density at radius 1 is 1.32 bits per heavy atom. The molecule has 2 N–H and O–H groups in total. The lowest BCUT2D eigenvalue weighted by Crippen LogP contribution is -2.25. The molecule has 22 heavy (non-hydrogen) atoms. The minimum absolute atomic E-state index is 0.0776. The van der Waals surface area contributed by atoms with Crippen LogP contribution in [0.1, 0.15) is 25.7 Å². The van der Waals surface area contributed by atoms with Crippen LogP contribution < -0.4 is 5.32 Å². The zero-order valence-electron chi connectivity index (χ0n) is 12.2. The first-order chi connectivity index (χ1) is 10.7. The Bertz CT molecular complexity index is 689. The number of hydrogen-bond acceptors (Lipinski definition) is 5. The van der Waals surface area contributed by atoms with Crippen molar-refractivity contribution in [2.75, 3.05) is 11.9 Å². The number of rotatable bonds is 5. The van der Waals surface area contributed by atoms with E-state index in [9.17, 15) is 10.1 Å². The Morgan fingerprint density at radius 3 is 2.95 bits per heavy atom. The van der Waals surface area contributed by atoms with Gasteiger partial charge in [-0.05, 0) is 43.4 Å². The van der Waals surface area contributed by atoms with Gasteiger partial charge in [-0.1, -0.05) is 6.42 Å². The van der Waals surface area contributed by atoms with Gasteiger partial charge in [0.1, 0.15) is 5.82 Å². The summed E-state index contributed by atoms with van der Waals surface area (Å²) in [5, 5.41) is 24.1. The van der Waals surface area contributed by atoms with Crippen molar-refractivity contribution in [2.24, 2.45) is 5.92 Å². The Balaban J connectivity index is 1.80. The topological polar surface area (TPSA) is 88.3 Å². The minimum Gasteiger partial charge on any atom is -0.396 e. The number of pyridine rings is 1. The fourth-order valence-electron chi connectivity index (χ4n) is 3.24. The summed E-state index contributed by atoms with van der Waals surface area (Å²) in [4.78, 5) is 14.9. The molecule has 0 spiro atoms. The van der Waals surface area contributed by atoms with Crippen molar-refractivity contribution >= 4 is 22.4 Å². The van der Waals surface area contributed by atoms with Gasteiger partial charge in [-0.15, -0.1) is 0 Å². The van der Waals surface area contributed by atoms with Crippen molar-refractivity contribution in [1.29, 1.82) is 0 Å². The summed E-state index contributed by atoms with van der Waals surface area (Å²) in [6.45, 7) is 0.220. The van der Waals surface area contributed by atoms with Gasteiger partial charge in [0.15, 0.2) is 0 Å². The van der Waals surface area contributed by atoms with Gasteiger partial charge >= 0.3 is 0 Å². The lowest BCUT2D eigenvalue weighted by Gasteiger charge is -2.21. The summed E-state index contributed by atoms with van der Waals surface area (Å²) >= 11 is 0. The number of aliphatic hydroxyl groups is 1. The number of fused-ring (bicyclic) bond motifs is 1. The van der Waals surface area contributed by atoms with E-state index in [4.69, 9.17) is 5.11 Å². The Kier molecular flexibility index (Phi) is 4.20. The molecule has 0 bridgehead atoms. The van der Waals surface area contributed by atoms with Crippen LogP contribution >= 0.6 is 0 Å². The fourth-order valence-corrected chi connectivity index (χ4v) is 3.24. The first-order valence-electron chi connectivity index (χ1n) is 7.60. The largest absolute Gasteiger partial charge is 0.396 e. The van der Waals surface area contributed by atoms with Crippen LogP contribution in [0.2, 0.25) is 0 Å². The van der Waals surface area contributed by atoms with E-state index < -0.39 is 4.92 Å². The molecule has 1 aromatic carbocycles.